The fourth-order valence-corrected chi connectivity index (χ4v) is 1.61. The van der Waals surface area contributed by atoms with E-state index in [1.165, 1.54) is 6.20 Å². The first-order valence-corrected chi connectivity index (χ1v) is 6.65. The highest BCUT2D eigenvalue weighted by Crippen LogP contribution is 2.22. The summed E-state index contributed by atoms with van der Waals surface area (Å²) < 4.78 is 40.7. The molecule has 118 valence electrons. The molecular weight excluding hydrogens is 287 g/mol. The SMILES string of the molecule is CCOC(=O)c1cnc(NCCCCC(F)(F)F)nc1C. The Morgan fingerprint density at radius 1 is 1.38 bits per heavy atom. The van der Waals surface area contributed by atoms with Gasteiger partial charge in [-0.3, -0.25) is 0 Å². The van der Waals surface area contributed by atoms with Gasteiger partial charge in [-0.1, -0.05) is 0 Å². The lowest BCUT2D eigenvalue weighted by Gasteiger charge is -2.09. The maximum atomic E-state index is 12.0. The zero-order chi connectivity index (χ0) is 15.9. The Hall–Kier alpha value is -1.86. The number of alkyl halides is 3. The molecule has 21 heavy (non-hydrogen) atoms. The molecule has 0 aromatic carbocycles. The highest BCUT2D eigenvalue weighted by molar-refractivity contribution is 5.90. The molecule has 1 rings (SSSR count). The molecule has 0 amide bonds. The fourth-order valence-electron chi connectivity index (χ4n) is 1.61. The molecule has 0 bridgehead atoms. The molecule has 0 saturated carbocycles. The van der Waals surface area contributed by atoms with Gasteiger partial charge in [-0.2, -0.15) is 13.2 Å². The number of halogens is 3. The number of nitrogens with one attached hydrogen (secondary N) is 1. The van der Waals surface area contributed by atoms with E-state index in [0.717, 1.165) is 0 Å². The highest BCUT2D eigenvalue weighted by atomic mass is 19.4. The van der Waals surface area contributed by atoms with E-state index in [2.05, 4.69) is 15.3 Å². The minimum absolute atomic E-state index is 0.0520. The number of hydrogen-bond acceptors (Lipinski definition) is 5. The van der Waals surface area contributed by atoms with Crippen molar-refractivity contribution in [3.63, 3.8) is 0 Å². The van der Waals surface area contributed by atoms with Crippen LogP contribution in [0.4, 0.5) is 19.1 Å². The lowest BCUT2D eigenvalue weighted by Crippen LogP contribution is -2.12. The topological polar surface area (TPSA) is 64.1 Å². The normalized spacial score (nSPS) is 11.3. The second kappa shape index (κ2) is 7.80. The Kier molecular flexibility index (Phi) is 6.39. The minimum Gasteiger partial charge on any atom is -0.462 e. The van der Waals surface area contributed by atoms with Crippen LogP contribution in [0, 0.1) is 6.92 Å². The molecule has 8 heteroatoms. The third-order valence-electron chi connectivity index (χ3n) is 2.64. The van der Waals surface area contributed by atoms with Crippen LogP contribution in [0.15, 0.2) is 6.20 Å². The summed E-state index contributed by atoms with van der Waals surface area (Å²) in [6, 6.07) is 0. The highest BCUT2D eigenvalue weighted by Gasteiger charge is 2.25. The molecule has 0 aliphatic heterocycles. The Balaban J connectivity index is 2.44. The number of nitrogens with zero attached hydrogens (tertiary/aromatic N) is 2. The first-order valence-electron chi connectivity index (χ1n) is 6.65. The van der Waals surface area contributed by atoms with E-state index >= 15 is 0 Å². The number of aromatic nitrogens is 2. The molecule has 0 spiro atoms. The summed E-state index contributed by atoms with van der Waals surface area (Å²) >= 11 is 0. The standard InChI is InChI=1S/C13H18F3N3O2/c1-3-21-11(20)10-8-18-12(19-9(10)2)17-7-5-4-6-13(14,15)16/h8H,3-7H2,1-2H3,(H,17,18,19). The van der Waals surface area contributed by atoms with Gasteiger partial charge in [0.25, 0.3) is 0 Å². The van der Waals surface area contributed by atoms with Gasteiger partial charge in [-0.05, 0) is 26.7 Å². The fraction of sp³-hybridized carbons (Fsp3) is 0.615. The number of esters is 1. The smallest absolute Gasteiger partial charge is 0.389 e. The van der Waals surface area contributed by atoms with Gasteiger partial charge in [0.05, 0.1) is 17.9 Å². The minimum atomic E-state index is -4.12. The Morgan fingerprint density at radius 2 is 2.10 bits per heavy atom. The molecule has 1 heterocycles. The molecule has 0 atom stereocenters. The van der Waals surface area contributed by atoms with Gasteiger partial charge in [-0.15, -0.1) is 0 Å². The van der Waals surface area contributed by atoms with E-state index in [0.29, 0.717) is 18.7 Å². The number of rotatable bonds is 7. The predicted molar refractivity (Wildman–Crippen MR) is 71.1 cm³/mol. The first-order chi connectivity index (χ1) is 9.83. The summed E-state index contributed by atoms with van der Waals surface area (Å²) in [6.07, 6.45) is -3.15. The Labute approximate surface area is 120 Å². The summed E-state index contributed by atoms with van der Waals surface area (Å²) in [4.78, 5) is 19.6. The predicted octanol–water partition coefficient (Wildman–Crippen LogP) is 3.11. The third kappa shape index (κ3) is 6.42. The van der Waals surface area contributed by atoms with Crippen molar-refractivity contribution in [2.75, 3.05) is 18.5 Å². The lowest BCUT2D eigenvalue weighted by molar-refractivity contribution is -0.135. The maximum absolute atomic E-state index is 12.0. The number of anilines is 1. The number of hydrogen-bond donors (Lipinski definition) is 1. The van der Waals surface area contributed by atoms with Gasteiger partial charge in [0.2, 0.25) is 5.95 Å². The van der Waals surface area contributed by atoms with Crippen LogP contribution in [-0.2, 0) is 4.74 Å². The average molecular weight is 305 g/mol. The van der Waals surface area contributed by atoms with Gasteiger partial charge in [-0.25, -0.2) is 14.8 Å². The summed E-state index contributed by atoms with van der Waals surface area (Å²) in [6.45, 7) is 3.94. The third-order valence-corrected chi connectivity index (χ3v) is 2.64. The molecule has 1 aromatic heterocycles. The van der Waals surface area contributed by atoms with Crippen molar-refractivity contribution in [3.8, 4) is 0 Å². The molecule has 1 aromatic rings. The van der Waals surface area contributed by atoms with Crippen LogP contribution in [0.5, 0.6) is 0 Å². The molecule has 0 fully saturated rings. The molecule has 0 saturated heterocycles. The monoisotopic (exact) mass is 305 g/mol. The molecule has 0 aliphatic rings. The van der Waals surface area contributed by atoms with Crippen molar-refractivity contribution in [2.45, 2.75) is 39.3 Å². The van der Waals surface area contributed by atoms with Gasteiger partial charge < -0.3 is 10.1 Å². The van der Waals surface area contributed by atoms with Gasteiger partial charge in [0.1, 0.15) is 0 Å². The first kappa shape index (κ1) is 17.2. The number of carbonyl (C=O) groups is 1. The number of aryl methyl sites for hydroxylation is 1. The van der Waals surface area contributed by atoms with Crippen molar-refractivity contribution < 1.29 is 22.7 Å². The van der Waals surface area contributed by atoms with Crippen LogP contribution < -0.4 is 5.32 Å². The van der Waals surface area contributed by atoms with Crippen molar-refractivity contribution >= 4 is 11.9 Å². The van der Waals surface area contributed by atoms with Gasteiger partial charge in [0.15, 0.2) is 0 Å². The zero-order valence-electron chi connectivity index (χ0n) is 12.0. The number of ether oxygens (including phenoxy) is 1. The van der Waals surface area contributed by atoms with E-state index in [1.54, 1.807) is 13.8 Å². The molecule has 0 radical (unpaired) electrons. The number of unbranched alkanes of at least 4 members (excludes halogenated alkanes) is 1. The van der Waals surface area contributed by atoms with Gasteiger partial charge in [0, 0.05) is 19.2 Å². The average Bonchev–Trinajstić information content (AvgIpc) is 2.37. The van der Waals surface area contributed by atoms with Crippen LogP contribution in [0.2, 0.25) is 0 Å². The Bertz CT molecular complexity index is 478. The second-order valence-electron chi connectivity index (χ2n) is 4.41. The zero-order valence-corrected chi connectivity index (χ0v) is 12.0. The van der Waals surface area contributed by atoms with Crippen LogP contribution in [-0.4, -0.2) is 35.3 Å². The summed E-state index contributed by atoms with van der Waals surface area (Å²) in [7, 11) is 0. The van der Waals surface area contributed by atoms with Crippen LogP contribution in [0.25, 0.3) is 0 Å². The van der Waals surface area contributed by atoms with E-state index in [4.69, 9.17) is 4.74 Å². The van der Waals surface area contributed by atoms with Crippen LogP contribution in [0.3, 0.4) is 0 Å². The van der Waals surface area contributed by atoms with Crippen molar-refractivity contribution in [1.82, 2.24) is 9.97 Å². The van der Waals surface area contributed by atoms with E-state index in [-0.39, 0.29) is 24.5 Å². The van der Waals surface area contributed by atoms with E-state index < -0.39 is 18.6 Å². The number of carbonyl (C=O) groups excluding carboxylic acids is 1. The molecule has 5 nitrogen and oxygen atoms in total. The molecule has 0 aliphatic carbocycles. The van der Waals surface area contributed by atoms with E-state index in [1.807, 2.05) is 0 Å². The summed E-state index contributed by atoms with van der Waals surface area (Å²) in [5.41, 5.74) is 0.737. The molecule has 0 unspecified atom stereocenters. The largest absolute Gasteiger partial charge is 0.462 e. The van der Waals surface area contributed by atoms with Crippen LogP contribution in [0.1, 0.15) is 42.2 Å². The van der Waals surface area contributed by atoms with Crippen LogP contribution >= 0.6 is 0 Å². The van der Waals surface area contributed by atoms with Crippen molar-refractivity contribution in [3.05, 3.63) is 17.5 Å². The quantitative estimate of drug-likeness (QED) is 0.619. The summed E-state index contributed by atoms with van der Waals surface area (Å²) in [5, 5.41) is 2.83. The second-order valence-corrected chi connectivity index (χ2v) is 4.41. The van der Waals surface area contributed by atoms with Crippen molar-refractivity contribution in [1.29, 1.82) is 0 Å². The van der Waals surface area contributed by atoms with Gasteiger partial charge >= 0.3 is 12.1 Å². The Morgan fingerprint density at radius 3 is 2.67 bits per heavy atom. The maximum Gasteiger partial charge on any atom is 0.389 e. The van der Waals surface area contributed by atoms with Crippen molar-refractivity contribution in [2.24, 2.45) is 0 Å². The molecule has 1 N–H and O–H groups in total. The van der Waals surface area contributed by atoms with E-state index in [9.17, 15) is 18.0 Å². The summed E-state index contributed by atoms with van der Waals surface area (Å²) in [5.74, 6) is -0.209. The lowest BCUT2D eigenvalue weighted by atomic mass is 10.2. The molecular formula is C13H18F3N3O2.